The number of methoxy groups -OCH3 is 1. The molecule has 1 amide bonds. The first-order valence-electron chi connectivity index (χ1n) is 9.24. The van der Waals surface area contributed by atoms with E-state index in [9.17, 15) is 14.7 Å². The van der Waals surface area contributed by atoms with Gasteiger partial charge in [-0.15, -0.1) is 0 Å². The second-order valence-corrected chi connectivity index (χ2v) is 7.41. The molecule has 3 rings (SSSR count). The van der Waals surface area contributed by atoms with E-state index in [1.165, 1.54) is 12.0 Å². The number of rotatable bonds is 7. The summed E-state index contributed by atoms with van der Waals surface area (Å²) in [6.07, 6.45) is 0. The van der Waals surface area contributed by atoms with Crippen molar-refractivity contribution in [3.63, 3.8) is 0 Å². The van der Waals surface area contributed by atoms with Crippen molar-refractivity contribution >= 4 is 33.4 Å². The van der Waals surface area contributed by atoms with Gasteiger partial charge in [-0.3, -0.25) is 9.59 Å². The van der Waals surface area contributed by atoms with Gasteiger partial charge in [-0.05, 0) is 36.8 Å². The van der Waals surface area contributed by atoms with Gasteiger partial charge in [0.2, 0.25) is 0 Å². The lowest BCUT2D eigenvalue weighted by Gasteiger charge is -2.25. The molecule has 0 spiro atoms. The monoisotopic (exact) mass is 459 g/mol. The molecule has 0 bridgehead atoms. The lowest BCUT2D eigenvalue weighted by molar-refractivity contribution is -0.140. The van der Waals surface area contributed by atoms with E-state index in [-0.39, 0.29) is 24.5 Å². The van der Waals surface area contributed by atoms with Crippen molar-refractivity contribution in [3.8, 4) is 5.75 Å². The Hall–Kier alpha value is -2.64. The molecule has 1 saturated heterocycles. The van der Waals surface area contributed by atoms with Gasteiger partial charge in [0.05, 0.1) is 24.8 Å². The Morgan fingerprint density at radius 1 is 1.17 bits per heavy atom. The number of halogens is 1. The van der Waals surface area contributed by atoms with E-state index in [2.05, 4.69) is 15.9 Å². The Morgan fingerprint density at radius 2 is 1.90 bits per heavy atom. The number of ether oxygens (including phenoxy) is 2. The molecule has 1 fully saturated rings. The third-order valence-electron chi connectivity index (χ3n) is 4.68. The number of aliphatic hydroxyl groups excluding tert-OH is 1. The zero-order chi connectivity index (χ0) is 21.0. The summed E-state index contributed by atoms with van der Waals surface area (Å²) in [7, 11) is 1.53. The quantitative estimate of drug-likeness (QED) is 0.385. The molecule has 1 heterocycles. The third-order valence-corrected chi connectivity index (χ3v) is 5.21. The van der Waals surface area contributed by atoms with Crippen molar-refractivity contribution in [1.82, 2.24) is 4.90 Å². The van der Waals surface area contributed by atoms with E-state index in [1.54, 1.807) is 24.3 Å². The maximum absolute atomic E-state index is 12.9. The van der Waals surface area contributed by atoms with Crippen LogP contribution in [0.15, 0.2) is 58.6 Å². The predicted molar refractivity (Wildman–Crippen MR) is 113 cm³/mol. The molecule has 1 N–H and O–H groups in total. The summed E-state index contributed by atoms with van der Waals surface area (Å²) in [5.74, 6) is -1.02. The maximum Gasteiger partial charge on any atom is 0.295 e. The van der Waals surface area contributed by atoms with E-state index in [0.717, 1.165) is 10.0 Å². The van der Waals surface area contributed by atoms with Gasteiger partial charge in [-0.2, -0.15) is 0 Å². The average molecular weight is 460 g/mol. The fourth-order valence-corrected chi connectivity index (χ4v) is 3.61. The van der Waals surface area contributed by atoms with Gasteiger partial charge in [-0.1, -0.05) is 40.2 Å². The molecule has 0 aliphatic carbocycles. The number of nitrogens with zero attached hydrogens (tertiary/aromatic N) is 1. The van der Waals surface area contributed by atoms with Crippen LogP contribution in [0.2, 0.25) is 0 Å². The van der Waals surface area contributed by atoms with Gasteiger partial charge in [0, 0.05) is 23.7 Å². The number of hydrogen-bond donors (Lipinski definition) is 1. The van der Waals surface area contributed by atoms with Crippen molar-refractivity contribution in [2.75, 3.05) is 26.9 Å². The van der Waals surface area contributed by atoms with Crippen molar-refractivity contribution in [3.05, 3.63) is 69.7 Å². The number of aliphatic hydroxyl groups is 1. The van der Waals surface area contributed by atoms with Gasteiger partial charge in [0.25, 0.3) is 11.7 Å². The summed E-state index contributed by atoms with van der Waals surface area (Å²) < 4.78 is 11.5. The minimum Gasteiger partial charge on any atom is -0.507 e. The number of likely N-dealkylation sites (tertiary alicyclic amines) is 1. The van der Waals surface area contributed by atoms with Crippen molar-refractivity contribution in [1.29, 1.82) is 0 Å². The Labute approximate surface area is 177 Å². The first kappa shape index (κ1) is 21.1. The molecule has 1 aliphatic rings. The normalized spacial score (nSPS) is 18.3. The van der Waals surface area contributed by atoms with Crippen molar-refractivity contribution in [2.45, 2.75) is 13.0 Å². The molecule has 7 heteroatoms. The predicted octanol–water partition coefficient (Wildman–Crippen LogP) is 3.92. The van der Waals surface area contributed by atoms with Crippen LogP contribution in [0.4, 0.5) is 0 Å². The Morgan fingerprint density at radius 3 is 2.55 bits per heavy atom. The molecular formula is C22H22BrNO5. The molecule has 1 aliphatic heterocycles. The summed E-state index contributed by atoms with van der Waals surface area (Å²) in [6.45, 7) is 2.85. The van der Waals surface area contributed by atoms with Crippen LogP contribution >= 0.6 is 15.9 Å². The number of amides is 1. The van der Waals surface area contributed by atoms with Gasteiger partial charge in [0.15, 0.2) is 0 Å². The summed E-state index contributed by atoms with van der Waals surface area (Å²) in [6, 6.07) is 13.4. The standard InChI is InChI=1S/C22H22BrNO5/c1-3-29-17-6-4-5-15(13-17)20(25)18-19(14-7-9-16(23)10-8-14)24(11-12-28-2)22(27)21(18)26/h4-10,13,19,25H,3,11-12H2,1-2H3. The summed E-state index contributed by atoms with van der Waals surface area (Å²) in [4.78, 5) is 27.0. The SMILES string of the molecule is CCOc1cccc(C(O)=C2C(=O)C(=O)N(CCOC)C2c2ccc(Br)cc2)c1. The lowest BCUT2D eigenvalue weighted by atomic mass is 9.95. The van der Waals surface area contributed by atoms with Gasteiger partial charge in [-0.25, -0.2) is 0 Å². The number of Topliss-reactive ketones (excluding diaryl/α,β-unsaturated/α-hetero) is 1. The summed E-state index contributed by atoms with van der Waals surface area (Å²) >= 11 is 3.40. The molecule has 2 aromatic rings. The van der Waals surface area contributed by atoms with Crippen LogP contribution < -0.4 is 4.74 Å². The Kier molecular flexibility index (Phi) is 6.71. The zero-order valence-corrected chi connectivity index (χ0v) is 17.8. The highest BCUT2D eigenvalue weighted by Crippen LogP contribution is 2.39. The van der Waals surface area contributed by atoms with E-state index < -0.39 is 17.7 Å². The molecular weight excluding hydrogens is 438 g/mol. The molecule has 152 valence electrons. The number of ketones is 1. The third kappa shape index (κ3) is 4.36. The summed E-state index contributed by atoms with van der Waals surface area (Å²) in [5.41, 5.74) is 1.20. The molecule has 2 aromatic carbocycles. The number of carbonyl (C=O) groups is 2. The second kappa shape index (κ2) is 9.24. The minimum absolute atomic E-state index is 0.0575. The van der Waals surface area contributed by atoms with Crippen LogP contribution in [0.3, 0.4) is 0 Å². The molecule has 0 aromatic heterocycles. The molecule has 29 heavy (non-hydrogen) atoms. The van der Waals surface area contributed by atoms with Crippen LogP contribution in [0.1, 0.15) is 24.1 Å². The molecule has 1 atom stereocenters. The average Bonchev–Trinajstić information content (AvgIpc) is 2.97. The van der Waals surface area contributed by atoms with Crippen LogP contribution in [0, 0.1) is 0 Å². The fraction of sp³-hybridized carbons (Fsp3) is 0.273. The number of carbonyl (C=O) groups excluding carboxylic acids is 2. The number of benzene rings is 2. The minimum atomic E-state index is -0.715. The maximum atomic E-state index is 12.9. The molecule has 0 saturated carbocycles. The first-order chi connectivity index (χ1) is 14.0. The lowest BCUT2D eigenvalue weighted by Crippen LogP contribution is -2.32. The largest absolute Gasteiger partial charge is 0.507 e. The highest BCUT2D eigenvalue weighted by Gasteiger charge is 2.45. The Bertz CT molecular complexity index is 938. The zero-order valence-electron chi connectivity index (χ0n) is 16.2. The van der Waals surface area contributed by atoms with Crippen LogP contribution in [0.25, 0.3) is 5.76 Å². The second-order valence-electron chi connectivity index (χ2n) is 6.50. The van der Waals surface area contributed by atoms with Crippen molar-refractivity contribution < 1.29 is 24.2 Å². The van der Waals surface area contributed by atoms with E-state index >= 15 is 0 Å². The first-order valence-corrected chi connectivity index (χ1v) is 10.0. The summed E-state index contributed by atoms with van der Waals surface area (Å²) in [5, 5.41) is 11.0. The van der Waals surface area contributed by atoms with Gasteiger partial charge < -0.3 is 19.5 Å². The Balaban J connectivity index is 2.13. The molecule has 1 unspecified atom stereocenters. The van der Waals surface area contributed by atoms with Gasteiger partial charge in [0.1, 0.15) is 11.5 Å². The van der Waals surface area contributed by atoms with E-state index in [1.807, 2.05) is 31.2 Å². The van der Waals surface area contributed by atoms with E-state index in [4.69, 9.17) is 9.47 Å². The van der Waals surface area contributed by atoms with Crippen LogP contribution in [-0.4, -0.2) is 48.6 Å². The smallest absolute Gasteiger partial charge is 0.295 e. The topological polar surface area (TPSA) is 76.1 Å². The highest BCUT2D eigenvalue weighted by atomic mass is 79.9. The molecule has 0 radical (unpaired) electrons. The highest BCUT2D eigenvalue weighted by molar-refractivity contribution is 9.10. The van der Waals surface area contributed by atoms with Crippen molar-refractivity contribution in [2.24, 2.45) is 0 Å². The van der Waals surface area contributed by atoms with Gasteiger partial charge >= 0.3 is 0 Å². The fourth-order valence-electron chi connectivity index (χ4n) is 3.35. The van der Waals surface area contributed by atoms with E-state index in [0.29, 0.717) is 17.9 Å². The van der Waals surface area contributed by atoms with Crippen LogP contribution in [-0.2, 0) is 14.3 Å². The molecule has 6 nitrogen and oxygen atoms in total. The number of hydrogen-bond acceptors (Lipinski definition) is 5. The van der Waals surface area contributed by atoms with Crippen LogP contribution in [0.5, 0.6) is 5.75 Å².